The number of carbonyl (C=O) groups is 1. The molecule has 4 nitrogen and oxygen atoms in total. The molecule has 5 rings (SSSR count). The fourth-order valence-electron chi connectivity index (χ4n) is 4.41. The molecule has 0 aromatic heterocycles. The lowest BCUT2D eigenvalue weighted by Gasteiger charge is -2.24. The van der Waals surface area contributed by atoms with E-state index in [0.717, 1.165) is 46.2 Å². The van der Waals surface area contributed by atoms with Crippen LogP contribution in [0.25, 0.3) is 16.8 Å². The van der Waals surface area contributed by atoms with Crippen molar-refractivity contribution >= 4 is 45.4 Å². The Morgan fingerprint density at radius 3 is 2.30 bits per heavy atom. The summed E-state index contributed by atoms with van der Waals surface area (Å²) in [5, 5.41) is 2.80. The maximum atomic E-state index is 13.8. The molecular weight excluding hydrogens is 476 g/mol. The number of benzene rings is 4. The lowest BCUT2D eigenvalue weighted by molar-refractivity contribution is -0.123. The first-order chi connectivity index (χ1) is 18.2. The number of amidine groups is 1. The van der Waals surface area contributed by atoms with Crippen molar-refractivity contribution in [1.82, 2.24) is 4.90 Å². The molecule has 0 aliphatic carbocycles. The quantitative estimate of drug-likeness (QED) is 0.178. The fraction of sp³-hybridized carbons (Fsp3) is 0.188. The second-order valence-electron chi connectivity index (χ2n) is 9.00. The van der Waals surface area contributed by atoms with E-state index in [2.05, 4.69) is 38.1 Å². The molecule has 1 atom stereocenters. The summed E-state index contributed by atoms with van der Waals surface area (Å²) in [5.41, 5.74) is 2.88. The Bertz CT molecular complexity index is 1450. The lowest BCUT2D eigenvalue weighted by atomic mass is 10.0. The summed E-state index contributed by atoms with van der Waals surface area (Å²) in [6.07, 6.45) is 4.10. The molecule has 1 saturated heterocycles. The van der Waals surface area contributed by atoms with Crippen LogP contribution in [0, 0.1) is 0 Å². The van der Waals surface area contributed by atoms with E-state index >= 15 is 0 Å². The third kappa shape index (κ3) is 5.47. The first-order valence-electron chi connectivity index (χ1n) is 12.7. The summed E-state index contributed by atoms with van der Waals surface area (Å²) >= 11 is 1.43. The molecule has 1 aliphatic rings. The van der Waals surface area contributed by atoms with Gasteiger partial charge in [0.15, 0.2) is 5.17 Å². The van der Waals surface area contributed by atoms with Gasteiger partial charge in [-0.25, -0.2) is 4.99 Å². The standard InChI is InChI=1S/C32H30N2O2S/c1-3-4-21-36-29-20-19-25(27-17-11-12-18-28(27)29)22-30-31(35)34(23(2)24-13-7-5-8-14-24)32(37-30)33-26-15-9-6-10-16-26/h5-20,22-23H,3-4,21H2,1-2H3/b30-22+,33-32?/t23-/m1/s1. The van der Waals surface area contributed by atoms with Crippen LogP contribution < -0.4 is 4.74 Å². The highest BCUT2D eigenvalue weighted by molar-refractivity contribution is 8.18. The van der Waals surface area contributed by atoms with E-state index in [1.165, 1.54) is 11.8 Å². The van der Waals surface area contributed by atoms with Gasteiger partial charge in [0, 0.05) is 5.39 Å². The maximum absolute atomic E-state index is 13.8. The molecule has 186 valence electrons. The van der Waals surface area contributed by atoms with Gasteiger partial charge in [-0.15, -0.1) is 0 Å². The molecule has 0 unspecified atom stereocenters. The third-order valence-electron chi connectivity index (χ3n) is 6.45. The largest absolute Gasteiger partial charge is 0.493 e. The minimum absolute atomic E-state index is 0.0385. The molecule has 1 heterocycles. The zero-order valence-corrected chi connectivity index (χ0v) is 21.9. The van der Waals surface area contributed by atoms with E-state index in [-0.39, 0.29) is 11.9 Å². The first-order valence-corrected chi connectivity index (χ1v) is 13.5. The molecule has 1 aliphatic heterocycles. The Balaban J connectivity index is 1.54. The third-order valence-corrected chi connectivity index (χ3v) is 7.43. The van der Waals surface area contributed by atoms with Crippen molar-refractivity contribution in [2.45, 2.75) is 32.7 Å². The van der Waals surface area contributed by atoms with Gasteiger partial charge in [-0.1, -0.05) is 92.2 Å². The van der Waals surface area contributed by atoms with Crippen LogP contribution in [0.15, 0.2) is 107 Å². The first kappa shape index (κ1) is 24.8. The monoisotopic (exact) mass is 506 g/mol. The predicted octanol–water partition coefficient (Wildman–Crippen LogP) is 8.38. The van der Waals surface area contributed by atoms with Crippen LogP contribution in [-0.4, -0.2) is 22.6 Å². The highest BCUT2D eigenvalue weighted by atomic mass is 32.2. The number of nitrogens with zero attached hydrogens (tertiary/aromatic N) is 2. The number of hydrogen-bond acceptors (Lipinski definition) is 4. The molecule has 0 spiro atoms. The molecule has 4 aromatic rings. The van der Waals surface area contributed by atoms with E-state index in [1.807, 2.05) is 83.8 Å². The van der Waals surface area contributed by atoms with E-state index in [1.54, 1.807) is 0 Å². The number of amides is 1. The highest BCUT2D eigenvalue weighted by Gasteiger charge is 2.37. The normalized spacial score (nSPS) is 16.6. The topological polar surface area (TPSA) is 41.9 Å². The van der Waals surface area contributed by atoms with Crippen molar-refractivity contribution in [2.75, 3.05) is 6.61 Å². The van der Waals surface area contributed by atoms with Crippen molar-refractivity contribution in [3.05, 3.63) is 113 Å². The van der Waals surface area contributed by atoms with Crippen molar-refractivity contribution in [2.24, 2.45) is 4.99 Å². The SMILES string of the molecule is CCCCOc1ccc(/C=C2/SC(=Nc3ccccc3)N([C@H](C)c3ccccc3)C2=O)c2ccccc12. The van der Waals surface area contributed by atoms with Crippen LogP contribution in [0.2, 0.25) is 0 Å². The van der Waals surface area contributed by atoms with Gasteiger partial charge in [0.25, 0.3) is 5.91 Å². The Labute approximate surface area is 222 Å². The van der Waals surface area contributed by atoms with E-state index in [0.29, 0.717) is 16.7 Å². The second-order valence-corrected chi connectivity index (χ2v) is 10.0. The number of thioether (sulfide) groups is 1. The van der Waals surface area contributed by atoms with Crippen LogP contribution >= 0.6 is 11.8 Å². The van der Waals surface area contributed by atoms with Crippen LogP contribution in [-0.2, 0) is 4.79 Å². The van der Waals surface area contributed by atoms with Crippen molar-refractivity contribution in [3.63, 3.8) is 0 Å². The van der Waals surface area contributed by atoms with E-state index in [9.17, 15) is 4.79 Å². The molecule has 0 saturated carbocycles. The Morgan fingerprint density at radius 2 is 1.57 bits per heavy atom. The smallest absolute Gasteiger partial charge is 0.267 e. The average molecular weight is 507 g/mol. The molecular formula is C32H30N2O2S. The molecule has 4 aromatic carbocycles. The molecule has 37 heavy (non-hydrogen) atoms. The van der Waals surface area contributed by atoms with Crippen LogP contribution in [0.5, 0.6) is 5.75 Å². The highest BCUT2D eigenvalue weighted by Crippen LogP contribution is 2.40. The number of fused-ring (bicyclic) bond motifs is 1. The number of ether oxygens (including phenoxy) is 1. The van der Waals surface area contributed by atoms with Gasteiger partial charge in [-0.05, 0) is 65.9 Å². The zero-order chi connectivity index (χ0) is 25.6. The summed E-state index contributed by atoms with van der Waals surface area (Å²) in [6.45, 7) is 4.90. The van der Waals surface area contributed by atoms with Gasteiger partial charge in [0.05, 0.1) is 23.2 Å². The average Bonchev–Trinajstić information content (AvgIpc) is 3.24. The second kappa shape index (κ2) is 11.5. The van der Waals surface area contributed by atoms with Crippen LogP contribution in [0.4, 0.5) is 5.69 Å². The molecule has 5 heteroatoms. The molecule has 0 N–H and O–H groups in total. The number of unbranched alkanes of at least 4 members (excludes halogenated alkanes) is 1. The Hall–Kier alpha value is -3.83. The number of para-hydroxylation sites is 1. The number of aliphatic imine (C=N–C) groups is 1. The lowest BCUT2D eigenvalue weighted by Crippen LogP contribution is -2.32. The molecule has 1 fully saturated rings. The van der Waals surface area contributed by atoms with Crippen molar-refractivity contribution < 1.29 is 9.53 Å². The number of hydrogen-bond donors (Lipinski definition) is 0. The number of carbonyl (C=O) groups excluding carboxylic acids is 1. The summed E-state index contributed by atoms with van der Waals surface area (Å²) in [7, 11) is 0. The van der Waals surface area contributed by atoms with Gasteiger partial charge >= 0.3 is 0 Å². The minimum atomic E-state index is -0.152. The molecule has 0 bridgehead atoms. The van der Waals surface area contributed by atoms with Gasteiger partial charge in [-0.3, -0.25) is 9.69 Å². The fourth-order valence-corrected chi connectivity index (χ4v) is 5.47. The van der Waals surface area contributed by atoms with Gasteiger partial charge in [0.2, 0.25) is 0 Å². The molecule has 1 amide bonds. The summed E-state index contributed by atoms with van der Waals surface area (Å²) in [5.74, 6) is 0.839. The van der Waals surface area contributed by atoms with E-state index < -0.39 is 0 Å². The summed E-state index contributed by atoms with van der Waals surface area (Å²) in [4.78, 5) is 21.2. The molecule has 0 radical (unpaired) electrons. The Morgan fingerprint density at radius 1 is 0.892 bits per heavy atom. The van der Waals surface area contributed by atoms with E-state index in [4.69, 9.17) is 9.73 Å². The zero-order valence-electron chi connectivity index (χ0n) is 21.1. The van der Waals surface area contributed by atoms with Gasteiger partial charge < -0.3 is 4.74 Å². The number of rotatable bonds is 8. The maximum Gasteiger partial charge on any atom is 0.267 e. The van der Waals surface area contributed by atoms with Crippen molar-refractivity contribution in [1.29, 1.82) is 0 Å². The van der Waals surface area contributed by atoms with Crippen LogP contribution in [0.1, 0.15) is 43.9 Å². The minimum Gasteiger partial charge on any atom is -0.493 e. The van der Waals surface area contributed by atoms with Gasteiger partial charge in [-0.2, -0.15) is 0 Å². The Kier molecular flexibility index (Phi) is 7.71. The van der Waals surface area contributed by atoms with Crippen molar-refractivity contribution in [3.8, 4) is 5.75 Å². The predicted molar refractivity (Wildman–Crippen MR) is 155 cm³/mol. The van der Waals surface area contributed by atoms with Crippen LogP contribution in [0.3, 0.4) is 0 Å². The summed E-state index contributed by atoms with van der Waals surface area (Å²) in [6, 6.07) is 32.0. The summed E-state index contributed by atoms with van der Waals surface area (Å²) < 4.78 is 6.07. The van der Waals surface area contributed by atoms with Gasteiger partial charge in [0.1, 0.15) is 5.75 Å².